The Morgan fingerprint density at radius 2 is 2.08 bits per heavy atom. The molecule has 3 heterocycles. The van der Waals surface area contributed by atoms with Crippen molar-refractivity contribution < 1.29 is 29.0 Å². The van der Waals surface area contributed by atoms with E-state index in [2.05, 4.69) is 18.0 Å². The summed E-state index contributed by atoms with van der Waals surface area (Å²) in [6.45, 7) is 4.54. The van der Waals surface area contributed by atoms with Gasteiger partial charge in [-0.15, -0.1) is 0 Å². The third kappa shape index (κ3) is 6.07. The molecule has 9 nitrogen and oxygen atoms in total. The number of rotatable bonds is 13. The SMILES string of the molecule is CCCCN(CCCO)C(=O)CN1C[C@H](c2ccc3c(c2)CCO3)C(C(=O)O)[C@@H]1CCc1ncco1. The van der Waals surface area contributed by atoms with Crippen molar-refractivity contribution in [2.24, 2.45) is 5.92 Å². The quantitative estimate of drug-likeness (QED) is 0.432. The number of aliphatic hydroxyl groups excluding tert-OH is 1. The zero-order valence-electron chi connectivity index (χ0n) is 21.0. The van der Waals surface area contributed by atoms with Crippen molar-refractivity contribution in [3.63, 3.8) is 0 Å². The molecule has 196 valence electrons. The molecule has 1 unspecified atom stereocenters. The van der Waals surface area contributed by atoms with E-state index in [1.807, 2.05) is 17.0 Å². The number of carboxylic acids is 1. The summed E-state index contributed by atoms with van der Waals surface area (Å²) in [5.41, 5.74) is 2.09. The molecule has 36 heavy (non-hydrogen) atoms. The van der Waals surface area contributed by atoms with Gasteiger partial charge in [0.1, 0.15) is 12.0 Å². The summed E-state index contributed by atoms with van der Waals surface area (Å²) in [7, 11) is 0. The van der Waals surface area contributed by atoms with Crippen LogP contribution in [0.1, 0.15) is 55.5 Å². The largest absolute Gasteiger partial charge is 0.493 e. The van der Waals surface area contributed by atoms with Gasteiger partial charge in [-0.25, -0.2) is 4.98 Å². The van der Waals surface area contributed by atoms with Gasteiger partial charge in [0, 0.05) is 51.0 Å². The van der Waals surface area contributed by atoms with Crippen molar-refractivity contribution in [2.45, 2.75) is 57.4 Å². The third-order valence-corrected chi connectivity index (χ3v) is 7.37. The predicted molar refractivity (Wildman–Crippen MR) is 133 cm³/mol. The smallest absolute Gasteiger partial charge is 0.308 e. The highest BCUT2D eigenvalue weighted by atomic mass is 16.5. The van der Waals surface area contributed by atoms with Crippen LogP contribution in [-0.4, -0.2) is 82.3 Å². The lowest BCUT2D eigenvalue weighted by Gasteiger charge is -2.29. The van der Waals surface area contributed by atoms with E-state index in [-0.39, 0.29) is 31.0 Å². The van der Waals surface area contributed by atoms with Crippen molar-refractivity contribution >= 4 is 11.9 Å². The maximum absolute atomic E-state index is 13.4. The first kappa shape index (κ1) is 26.2. The molecule has 0 spiro atoms. The van der Waals surface area contributed by atoms with Crippen molar-refractivity contribution in [3.05, 3.63) is 47.7 Å². The Balaban J connectivity index is 1.58. The van der Waals surface area contributed by atoms with E-state index in [1.165, 1.54) is 6.26 Å². The molecule has 3 atom stereocenters. The number of benzene rings is 1. The van der Waals surface area contributed by atoms with Crippen LogP contribution in [0.5, 0.6) is 5.75 Å². The van der Waals surface area contributed by atoms with E-state index in [0.717, 1.165) is 36.1 Å². The molecule has 0 bridgehead atoms. The molecule has 9 heteroatoms. The number of hydrogen-bond donors (Lipinski definition) is 2. The Hall–Kier alpha value is -2.91. The van der Waals surface area contributed by atoms with E-state index in [0.29, 0.717) is 51.4 Å². The number of carbonyl (C=O) groups is 2. The molecule has 2 aliphatic rings. The van der Waals surface area contributed by atoms with Gasteiger partial charge >= 0.3 is 5.97 Å². The molecular formula is C27H37N3O6. The second-order valence-corrected chi connectivity index (χ2v) is 9.71. The Bertz CT molecular complexity index is 1000. The summed E-state index contributed by atoms with van der Waals surface area (Å²) in [5, 5.41) is 19.6. The predicted octanol–water partition coefficient (Wildman–Crippen LogP) is 2.72. The van der Waals surface area contributed by atoms with E-state index in [4.69, 9.17) is 9.15 Å². The number of carbonyl (C=O) groups excluding carboxylic acids is 1. The fourth-order valence-corrected chi connectivity index (χ4v) is 5.52. The molecule has 1 fully saturated rings. The Kier molecular flexibility index (Phi) is 8.98. The normalized spacial score (nSPS) is 21.3. The fraction of sp³-hybridized carbons (Fsp3) is 0.593. The van der Waals surface area contributed by atoms with Gasteiger partial charge in [-0.3, -0.25) is 14.5 Å². The number of amides is 1. The average molecular weight is 500 g/mol. The van der Waals surface area contributed by atoms with Crippen LogP contribution in [0.25, 0.3) is 0 Å². The molecule has 0 radical (unpaired) electrons. The Morgan fingerprint density at radius 1 is 1.25 bits per heavy atom. The van der Waals surface area contributed by atoms with Gasteiger partial charge < -0.3 is 24.3 Å². The summed E-state index contributed by atoms with van der Waals surface area (Å²) >= 11 is 0. The van der Waals surface area contributed by atoms with Crippen LogP contribution >= 0.6 is 0 Å². The molecule has 2 N–H and O–H groups in total. The summed E-state index contributed by atoms with van der Waals surface area (Å²) in [6, 6.07) is 5.65. The Labute approximate surface area is 212 Å². The maximum Gasteiger partial charge on any atom is 0.308 e. The lowest BCUT2D eigenvalue weighted by Crippen LogP contribution is -2.45. The summed E-state index contributed by atoms with van der Waals surface area (Å²) in [4.78, 5) is 34.0. The highest BCUT2D eigenvalue weighted by molar-refractivity contribution is 5.79. The zero-order chi connectivity index (χ0) is 25.5. The van der Waals surface area contributed by atoms with Crippen molar-refractivity contribution in [1.82, 2.24) is 14.8 Å². The molecule has 0 aliphatic carbocycles. The highest BCUT2D eigenvalue weighted by Gasteiger charge is 2.47. The van der Waals surface area contributed by atoms with E-state index < -0.39 is 11.9 Å². The van der Waals surface area contributed by atoms with Crippen LogP contribution in [0, 0.1) is 5.92 Å². The molecular weight excluding hydrogens is 462 g/mol. The number of oxazole rings is 1. The monoisotopic (exact) mass is 499 g/mol. The van der Waals surface area contributed by atoms with Gasteiger partial charge in [0.2, 0.25) is 5.91 Å². The minimum Gasteiger partial charge on any atom is -0.493 e. The fourth-order valence-electron chi connectivity index (χ4n) is 5.52. The van der Waals surface area contributed by atoms with Crippen LogP contribution in [0.2, 0.25) is 0 Å². The second-order valence-electron chi connectivity index (χ2n) is 9.71. The summed E-state index contributed by atoms with van der Waals surface area (Å²) in [6.07, 6.45) is 7.34. The number of hydrogen-bond acceptors (Lipinski definition) is 7. The van der Waals surface area contributed by atoms with Crippen molar-refractivity contribution in [3.8, 4) is 5.75 Å². The molecule has 1 aromatic heterocycles. The number of ether oxygens (including phenoxy) is 1. The zero-order valence-corrected chi connectivity index (χ0v) is 21.0. The van der Waals surface area contributed by atoms with Gasteiger partial charge in [0.15, 0.2) is 5.89 Å². The number of nitrogens with zero attached hydrogens (tertiary/aromatic N) is 3. The van der Waals surface area contributed by atoms with Crippen LogP contribution in [0.4, 0.5) is 0 Å². The van der Waals surface area contributed by atoms with Crippen LogP contribution in [-0.2, 0) is 22.4 Å². The number of aryl methyl sites for hydroxylation is 1. The van der Waals surface area contributed by atoms with Crippen LogP contribution in [0.3, 0.4) is 0 Å². The van der Waals surface area contributed by atoms with Gasteiger partial charge in [-0.1, -0.05) is 25.5 Å². The number of carboxylic acid groups (broad SMARTS) is 1. The number of aliphatic carboxylic acids is 1. The van der Waals surface area contributed by atoms with E-state index in [9.17, 15) is 19.8 Å². The lowest BCUT2D eigenvalue weighted by molar-refractivity contribution is -0.144. The second kappa shape index (κ2) is 12.4. The van der Waals surface area contributed by atoms with Gasteiger partial charge in [0.05, 0.1) is 25.3 Å². The minimum atomic E-state index is -0.854. The number of fused-ring (bicyclic) bond motifs is 1. The molecule has 1 saturated heterocycles. The van der Waals surface area contributed by atoms with Crippen molar-refractivity contribution in [2.75, 3.05) is 39.4 Å². The molecule has 2 aliphatic heterocycles. The Morgan fingerprint density at radius 3 is 2.81 bits per heavy atom. The van der Waals surface area contributed by atoms with Gasteiger partial charge in [0.25, 0.3) is 0 Å². The number of aliphatic hydroxyl groups is 1. The maximum atomic E-state index is 13.4. The molecule has 4 rings (SSSR count). The molecule has 0 saturated carbocycles. The first-order valence-electron chi connectivity index (χ1n) is 13.0. The molecule has 2 aromatic rings. The molecule has 1 amide bonds. The van der Waals surface area contributed by atoms with Crippen molar-refractivity contribution in [1.29, 1.82) is 0 Å². The highest BCUT2D eigenvalue weighted by Crippen LogP contribution is 2.41. The van der Waals surface area contributed by atoms with Gasteiger partial charge in [-0.05, 0) is 36.5 Å². The third-order valence-electron chi connectivity index (χ3n) is 7.37. The topological polar surface area (TPSA) is 116 Å². The minimum absolute atomic E-state index is 0.0230. The first-order valence-corrected chi connectivity index (χ1v) is 13.0. The first-order chi connectivity index (χ1) is 17.5. The van der Waals surface area contributed by atoms with Gasteiger partial charge in [-0.2, -0.15) is 0 Å². The lowest BCUT2D eigenvalue weighted by atomic mass is 9.83. The number of unbranched alkanes of at least 4 members (excludes halogenated alkanes) is 1. The van der Waals surface area contributed by atoms with E-state index >= 15 is 0 Å². The molecule has 1 aromatic carbocycles. The van der Waals surface area contributed by atoms with Crippen LogP contribution < -0.4 is 4.74 Å². The summed E-state index contributed by atoms with van der Waals surface area (Å²) in [5.74, 6) is -0.341. The summed E-state index contributed by atoms with van der Waals surface area (Å²) < 4.78 is 11.0. The number of likely N-dealkylation sites (tertiary alicyclic amines) is 1. The van der Waals surface area contributed by atoms with E-state index in [1.54, 1.807) is 11.1 Å². The van der Waals surface area contributed by atoms with Crippen LogP contribution in [0.15, 0.2) is 35.1 Å². The standard InChI is InChI=1S/C27H37N3O6/c1-2-3-11-29(12-4-13-31)25(32)18-30-17-21(19-5-7-23-20(16-19)9-14-35-23)26(27(33)34)22(30)6-8-24-28-10-15-36-24/h5,7,10,15-16,21-22,26,31H,2-4,6,8-9,11-14,17-18H2,1H3,(H,33,34)/t21-,22+,26?/m1/s1. The average Bonchev–Trinajstić information content (AvgIpc) is 3.62. The number of aromatic nitrogens is 1.